The van der Waals surface area contributed by atoms with Crippen LogP contribution in [0.1, 0.15) is 11.3 Å². The van der Waals surface area contributed by atoms with Crippen LogP contribution < -0.4 is 9.80 Å². The molecule has 0 radical (unpaired) electrons. The van der Waals surface area contributed by atoms with E-state index in [1.165, 1.54) is 12.1 Å². The van der Waals surface area contributed by atoms with Gasteiger partial charge in [-0.2, -0.15) is 9.61 Å². The highest BCUT2D eigenvalue weighted by atomic mass is 19.1. The van der Waals surface area contributed by atoms with Crippen molar-refractivity contribution < 1.29 is 4.39 Å². The van der Waals surface area contributed by atoms with E-state index in [2.05, 4.69) is 26.7 Å². The van der Waals surface area contributed by atoms with Gasteiger partial charge in [-0.15, -0.1) is 0 Å². The largest absolute Gasteiger partial charge is 0.353 e. The van der Waals surface area contributed by atoms with Crippen molar-refractivity contribution in [1.82, 2.24) is 24.6 Å². The summed E-state index contributed by atoms with van der Waals surface area (Å²) in [5.41, 5.74) is 4.29. The Morgan fingerprint density at radius 2 is 1.63 bits per heavy atom. The van der Waals surface area contributed by atoms with Gasteiger partial charge in [-0.3, -0.25) is 0 Å². The zero-order valence-electron chi connectivity index (χ0n) is 17.0. The molecule has 4 heterocycles. The molecule has 4 aromatic rings. The molecular weight excluding hydrogens is 381 g/mol. The van der Waals surface area contributed by atoms with Crippen LogP contribution in [0.25, 0.3) is 16.9 Å². The van der Waals surface area contributed by atoms with Crippen molar-refractivity contribution in [2.24, 2.45) is 0 Å². The van der Waals surface area contributed by atoms with Gasteiger partial charge >= 0.3 is 0 Å². The Morgan fingerprint density at radius 1 is 0.900 bits per heavy atom. The smallest absolute Gasteiger partial charge is 0.225 e. The summed E-state index contributed by atoms with van der Waals surface area (Å²) in [4.78, 5) is 18.0. The number of hydrogen-bond acceptors (Lipinski definition) is 6. The number of aryl methyl sites for hydroxylation is 1. The van der Waals surface area contributed by atoms with Crippen molar-refractivity contribution in [3.05, 3.63) is 65.9 Å². The fraction of sp³-hybridized carbons (Fsp3) is 0.273. The molecule has 0 amide bonds. The van der Waals surface area contributed by atoms with Gasteiger partial charge in [-0.05, 0) is 32.0 Å². The van der Waals surface area contributed by atoms with E-state index < -0.39 is 0 Å². The Balaban J connectivity index is 1.50. The van der Waals surface area contributed by atoms with Gasteiger partial charge in [0.2, 0.25) is 5.95 Å². The lowest BCUT2D eigenvalue weighted by Gasteiger charge is -2.36. The second-order valence-corrected chi connectivity index (χ2v) is 7.48. The lowest BCUT2D eigenvalue weighted by atomic mass is 10.1. The highest BCUT2D eigenvalue weighted by Crippen LogP contribution is 2.28. The normalized spacial score (nSPS) is 14.5. The molecule has 0 aliphatic carbocycles. The van der Waals surface area contributed by atoms with Crippen molar-refractivity contribution in [2.45, 2.75) is 13.8 Å². The molecule has 3 aromatic heterocycles. The molecule has 0 atom stereocenters. The quantitative estimate of drug-likeness (QED) is 0.523. The fourth-order valence-electron chi connectivity index (χ4n) is 3.92. The van der Waals surface area contributed by atoms with Crippen LogP contribution in [0.5, 0.6) is 0 Å². The number of piperazine rings is 1. The lowest BCUT2D eigenvalue weighted by Crippen LogP contribution is -2.48. The first-order chi connectivity index (χ1) is 14.6. The molecule has 1 aromatic carbocycles. The van der Waals surface area contributed by atoms with Crippen LogP contribution in [0.2, 0.25) is 0 Å². The van der Waals surface area contributed by atoms with E-state index in [4.69, 9.17) is 10.1 Å². The molecule has 1 fully saturated rings. The van der Waals surface area contributed by atoms with Gasteiger partial charge in [-0.25, -0.2) is 19.3 Å². The first-order valence-electron chi connectivity index (χ1n) is 10.00. The minimum atomic E-state index is -0.274. The van der Waals surface area contributed by atoms with Crippen molar-refractivity contribution >= 4 is 17.4 Å². The molecule has 8 heteroatoms. The van der Waals surface area contributed by atoms with Gasteiger partial charge in [0, 0.05) is 61.5 Å². The van der Waals surface area contributed by atoms with E-state index in [9.17, 15) is 4.39 Å². The lowest BCUT2D eigenvalue weighted by molar-refractivity contribution is 0.624. The van der Waals surface area contributed by atoms with Crippen LogP contribution in [0.4, 0.5) is 16.2 Å². The van der Waals surface area contributed by atoms with E-state index in [1.54, 1.807) is 18.5 Å². The summed E-state index contributed by atoms with van der Waals surface area (Å²) in [6.07, 6.45) is 3.54. The summed E-state index contributed by atoms with van der Waals surface area (Å²) >= 11 is 0. The molecule has 0 N–H and O–H groups in total. The first kappa shape index (κ1) is 18.5. The Labute approximate surface area is 173 Å². The summed E-state index contributed by atoms with van der Waals surface area (Å²) in [5.74, 6) is 1.52. The maximum atomic E-state index is 13.7. The monoisotopic (exact) mass is 403 g/mol. The number of hydrogen-bond donors (Lipinski definition) is 0. The third kappa shape index (κ3) is 3.24. The average molecular weight is 403 g/mol. The van der Waals surface area contributed by atoms with E-state index in [0.29, 0.717) is 5.69 Å². The summed E-state index contributed by atoms with van der Waals surface area (Å²) in [5, 5.41) is 4.79. The van der Waals surface area contributed by atoms with Crippen molar-refractivity contribution in [1.29, 1.82) is 0 Å². The van der Waals surface area contributed by atoms with Crippen LogP contribution in [-0.2, 0) is 0 Å². The van der Waals surface area contributed by atoms with E-state index in [-0.39, 0.29) is 5.82 Å². The first-order valence-corrected chi connectivity index (χ1v) is 10.00. The zero-order valence-corrected chi connectivity index (χ0v) is 17.0. The molecule has 1 aliphatic heterocycles. The van der Waals surface area contributed by atoms with Crippen molar-refractivity contribution in [3.8, 4) is 11.3 Å². The maximum Gasteiger partial charge on any atom is 0.225 e. The number of rotatable bonds is 3. The van der Waals surface area contributed by atoms with Crippen molar-refractivity contribution in [2.75, 3.05) is 36.0 Å². The second-order valence-electron chi connectivity index (χ2n) is 7.48. The number of benzene rings is 1. The molecule has 5 rings (SSSR count). The minimum Gasteiger partial charge on any atom is -0.353 e. The molecule has 1 aliphatic rings. The van der Waals surface area contributed by atoms with Gasteiger partial charge in [0.1, 0.15) is 11.6 Å². The number of anilines is 2. The highest BCUT2D eigenvalue weighted by Gasteiger charge is 2.24. The Hall–Kier alpha value is -3.55. The van der Waals surface area contributed by atoms with Crippen LogP contribution in [0, 0.1) is 19.7 Å². The van der Waals surface area contributed by atoms with Gasteiger partial charge in [0.25, 0.3) is 0 Å². The van der Waals surface area contributed by atoms with Gasteiger partial charge in [0.05, 0.1) is 5.69 Å². The Kier molecular flexibility index (Phi) is 4.54. The minimum absolute atomic E-state index is 0.274. The summed E-state index contributed by atoms with van der Waals surface area (Å²) in [6.45, 7) is 7.39. The number of aromatic nitrogens is 5. The number of halogens is 1. The van der Waals surface area contributed by atoms with Crippen LogP contribution in [0.3, 0.4) is 0 Å². The molecule has 0 bridgehead atoms. The third-order valence-electron chi connectivity index (χ3n) is 5.59. The predicted molar refractivity (Wildman–Crippen MR) is 114 cm³/mol. The molecule has 1 saturated heterocycles. The maximum absolute atomic E-state index is 13.7. The van der Waals surface area contributed by atoms with Gasteiger partial charge in [-0.1, -0.05) is 12.1 Å². The van der Waals surface area contributed by atoms with Crippen LogP contribution >= 0.6 is 0 Å². The van der Waals surface area contributed by atoms with Crippen molar-refractivity contribution in [3.63, 3.8) is 0 Å². The standard InChI is InChI=1S/C22H22FN7/c1-15-16(2)26-20-14-19(17-5-3-6-18(23)13-17)27-30(20)21(15)28-9-11-29(12-10-28)22-24-7-4-8-25-22/h3-8,13-14H,9-12H2,1-2H3. The van der Waals surface area contributed by atoms with Crippen LogP contribution in [-0.4, -0.2) is 50.7 Å². The molecule has 7 nitrogen and oxygen atoms in total. The van der Waals surface area contributed by atoms with E-state index in [0.717, 1.165) is 60.4 Å². The Bertz CT molecular complexity index is 1200. The number of fused-ring (bicyclic) bond motifs is 1. The zero-order chi connectivity index (χ0) is 20.7. The SMILES string of the molecule is Cc1nc2cc(-c3cccc(F)c3)nn2c(N2CCN(c3ncccn3)CC2)c1C. The summed E-state index contributed by atoms with van der Waals surface area (Å²) in [6, 6.07) is 10.2. The highest BCUT2D eigenvalue weighted by molar-refractivity contribution is 5.67. The topological polar surface area (TPSA) is 62.5 Å². The van der Waals surface area contributed by atoms with Crippen LogP contribution in [0.15, 0.2) is 48.8 Å². The molecular formula is C22H22FN7. The number of nitrogens with zero attached hydrogens (tertiary/aromatic N) is 7. The molecule has 0 spiro atoms. The molecule has 0 unspecified atom stereocenters. The Morgan fingerprint density at radius 3 is 2.37 bits per heavy atom. The molecule has 0 saturated carbocycles. The third-order valence-corrected chi connectivity index (χ3v) is 5.59. The average Bonchev–Trinajstić information content (AvgIpc) is 3.19. The van der Waals surface area contributed by atoms with E-state index >= 15 is 0 Å². The van der Waals surface area contributed by atoms with E-state index in [1.807, 2.05) is 29.6 Å². The predicted octanol–water partition coefficient (Wildman–Crippen LogP) is 3.27. The molecule has 30 heavy (non-hydrogen) atoms. The van der Waals surface area contributed by atoms with Gasteiger partial charge < -0.3 is 9.80 Å². The summed E-state index contributed by atoms with van der Waals surface area (Å²) < 4.78 is 15.6. The fourth-order valence-corrected chi connectivity index (χ4v) is 3.92. The summed E-state index contributed by atoms with van der Waals surface area (Å²) in [7, 11) is 0. The molecule has 152 valence electrons. The second kappa shape index (κ2) is 7.37. The van der Waals surface area contributed by atoms with Gasteiger partial charge in [0.15, 0.2) is 5.65 Å².